The highest BCUT2D eigenvalue weighted by Gasteiger charge is 2.26. The van der Waals surface area contributed by atoms with Crippen molar-refractivity contribution in [3.63, 3.8) is 0 Å². The Kier molecular flexibility index (Phi) is 9.13. The van der Waals surface area contributed by atoms with Gasteiger partial charge in [0.2, 0.25) is 11.8 Å². The smallest absolute Gasteiger partial charge is 0.232 e. The van der Waals surface area contributed by atoms with Gasteiger partial charge < -0.3 is 26.3 Å². The van der Waals surface area contributed by atoms with Gasteiger partial charge in [-0.1, -0.05) is 12.2 Å². The molecule has 2 amide bonds. The number of amides is 2. The summed E-state index contributed by atoms with van der Waals surface area (Å²) < 4.78 is 29.3. The molecule has 32 heavy (non-hydrogen) atoms. The van der Waals surface area contributed by atoms with Crippen molar-refractivity contribution in [2.75, 3.05) is 44.7 Å². The average Bonchev–Trinajstić information content (AvgIpc) is 2.78. The van der Waals surface area contributed by atoms with Crippen LogP contribution in [0.2, 0.25) is 0 Å². The maximum absolute atomic E-state index is 14.7. The highest BCUT2D eigenvalue weighted by Crippen LogP contribution is 2.29. The van der Waals surface area contributed by atoms with Gasteiger partial charge >= 0.3 is 0 Å². The Hall–Kier alpha value is -3.48. The normalized spacial score (nSPS) is 14.4. The standard InChI is InChI=1S/C19H23F2N7O3S/c1-23-16(30)8-18(31)27-2-4-28(5-3-27)19-14(20)6-12(7-15(19)21)24-9-13(26-22)10-25-17(32)11-29/h6-7,9,11H,2-5,8,10,22H2,1H3,(H,23,30)(H,25,32). The number of nitrogens with two attached hydrogens (primary N) is 1. The van der Waals surface area contributed by atoms with Crippen molar-refractivity contribution in [1.82, 2.24) is 15.5 Å². The number of carbonyl (C=O) groups is 3. The number of hydrogen-bond acceptors (Lipinski definition) is 8. The molecule has 1 fully saturated rings. The summed E-state index contributed by atoms with van der Waals surface area (Å²) in [6.07, 6.45) is 1.38. The molecule has 1 saturated heterocycles. The van der Waals surface area contributed by atoms with Gasteiger partial charge in [0.05, 0.1) is 24.2 Å². The Labute approximate surface area is 188 Å². The van der Waals surface area contributed by atoms with E-state index in [2.05, 4.69) is 20.7 Å². The Bertz CT molecular complexity index is 924. The van der Waals surface area contributed by atoms with Gasteiger partial charge in [0, 0.05) is 45.4 Å². The lowest BCUT2D eigenvalue weighted by Gasteiger charge is -2.36. The van der Waals surface area contributed by atoms with Crippen LogP contribution in [0.3, 0.4) is 0 Å². The van der Waals surface area contributed by atoms with E-state index in [4.69, 9.17) is 18.1 Å². The second-order valence-corrected chi connectivity index (χ2v) is 7.13. The quantitative estimate of drug-likeness (QED) is 0.121. The van der Waals surface area contributed by atoms with Crippen molar-refractivity contribution < 1.29 is 23.2 Å². The number of halogens is 2. The molecule has 1 aromatic rings. The van der Waals surface area contributed by atoms with E-state index in [-0.39, 0.29) is 67.1 Å². The van der Waals surface area contributed by atoms with Crippen LogP contribution < -0.4 is 21.4 Å². The lowest BCUT2D eigenvalue weighted by molar-refractivity contribution is -0.136. The summed E-state index contributed by atoms with van der Waals surface area (Å²) in [6, 6.07) is 2.13. The van der Waals surface area contributed by atoms with E-state index in [0.717, 1.165) is 12.1 Å². The number of carbonyl (C=O) groups excluding carboxylic acids is 3. The molecule has 1 heterocycles. The summed E-state index contributed by atoms with van der Waals surface area (Å²) in [7, 11) is 1.44. The Morgan fingerprint density at radius 3 is 2.38 bits per heavy atom. The molecule has 0 saturated carbocycles. The molecule has 0 spiro atoms. The molecule has 1 aliphatic heterocycles. The number of nitrogens with one attached hydrogen (secondary N) is 2. The first-order chi connectivity index (χ1) is 15.3. The fourth-order valence-corrected chi connectivity index (χ4v) is 3.01. The molecular weight excluding hydrogens is 444 g/mol. The number of benzene rings is 1. The van der Waals surface area contributed by atoms with E-state index in [9.17, 15) is 23.2 Å². The summed E-state index contributed by atoms with van der Waals surface area (Å²) in [5, 5.41) is 8.42. The average molecular weight is 468 g/mol. The van der Waals surface area contributed by atoms with Gasteiger partial charge in [-0.3, -0.25) is 19.4 Å². The third kappa shape index (κ3) is 6.77. The van der Waals surface area contributed by atoms with Crippen LogP contribution in [-0.4, -0.2) is 79.7 Å². The highest BCUT2D eigenvalue weighted by atomic mass is 32.1. The lowest BCUT2D eigenvalue weighted by Crippen LogP contribution is -2.50. The summed E-state index contributed by atoms with van der Waals surface area (Å²) in [6.45, 7) is 0.912. The van der Waals surface area contributed by atoms with Crippen LogP contribution in [0.25, 0.3) is 0 Å². The summed E-state index contributed by atoms with van der Waals surface area (Å²) >= 11 is 4.69. The Morgan fingerprint density at radius 1 is 1.22 bits per heavy atom. The van der Waals surface area contributed by atoms with Gasteiger partial charge in [-0.25, -0.2) is 8.78 Å². The third-order valence-electron chi connectivity index (χ3n) is 4.62. The molecule has 2 rings (SSSR count). The fraction of sp³-hybridized carbons (Fsp3) is 0.368. The summed E-state index contributed by atoms with van der Waals surface area (Å²) in [4.78, 5) is 40.8. The van der Waals surface area contributed by atoms with Crippen molar-refractivity contribution in [2.24, 2.45) is 15.9 Å². The molecule has 1 aliphatic rings. The predicted octanol–water partition coefficient (Wildman–Crippen LogP) is -0.118. The number of nitrogens with zero attached hydrogens (tertiary/aromatic N) is 4. The summed E-state index contributed by atoms with van der Waals surface area (Å²) in [5.41, 5.74) is -0.00745. The van der Waals surface area contributed by atoms with E-state index in [1.54, 1.807) is 0 Å². The highest BCUT2D eigenvalue weighted by molar-refractivity contribution is 7.81. The van der Waals surface area contributed by atoms with Crippen LogP contribution in [0.5, 0.6) is 0 Å². The molecule has 4 N–H and O–H groups in total. The van der Waals surface area contributed by atoms with Crippen molar-refractivity contribution in [1.29, 1.82) is 0 Å². The molecule has 0 bridgehead atoms. The second-order valence-electron chi connectivity index (χ2n) is 6.69. The van der Waals surface area contributed by atoms with Crippen LogP contribution in [0.4, 0.5) is 20.2 Å². The number of aliphatic imine (C=N–C) groups is 1. The van der Waals surface area contributed by atoms with E-state index in [1.165, 1.54) is 23.1 Å². The van der Waals surface area contributed by atoms with Crippen LogP contribution in [0.1, 0.15) is 6.42 Å². The van der Waals surface area contributed by atoms with Gasteiger partial charge in [0.15, 0.2) is 17.9 Å². The predicted molar refractivity (Wildman–Crippen MR) is 120 cm³/mol. The first-order valence-corrected chi connectivity index (χ1v) is 9.96. The first kappa shape index (κ1) is 24.8. The molecule has 0 aliphatic carbocycles. The van der Waals surface area contributed by atoms with E-state index in [1.807, 2.05) is 0 Å². The molecule has 0 unspecified atom stereocenters. The SMILES string of the molecule is CNC(=O)CC(=O)N1CCN(c2c(F)cc(N=CC(CNC(=S)C=O)=NN)cc2F)CC1. The number of rotatable bonds is 8. The maximum Gasteiger partial charge on any atom is 0.232 e. The number of piperazine rings is 1. The number of aldehydes is 1. The molecule has 1 aromatic carbocycles. The zero-order valence-corrected chi connectivity index (χ0v) is 18.1. The maximum atomic E-state index is 14.7. The van der Waals surface area contributed by atoms with Gasteiger partial charge in [-0.05, 0) is 0 Å². The number of hydrogen-bond donors (Lipinski definition) is 3. The van der Waals surface area contributed by atoms with Crippen LogP contribution in [0, 0.1) is 11.6 Å². The molecular formula is C19H23F2N7O3S. The third-order valence-corrected chi connectivity index (χ3v) is 4.86. The minimum absolute atomic E-state index is 0.00209. The molecule has 0 atom stereocenters. The number of thiocarbonyl (C=S) groups is 1. The molecule has 10 nitrogen and oxygen atoms in total. The minimum atomic E-state index is -0.811. The molecule has 172 valence electrons. The Morgan fingerprint density at radius 2 is 1.84 bits per heavy atom. The largest absolute Gasteiger partial charge is 0.368 e. The Balaban J connectivity index is 2.04. The topological polar surface area (TPSA) is 132 Å². The first-order valence-electron chi connectivity index (χ1n) is 9.55. The van der Waals surface area contributed by atoms with Crippen molar-refractivity contribution in [2.45, 2.75) is 6.42 Å². The van der Waals surface area contributed by atoms with Gasteiger partial charge in [-0.15, -0.1) is 0 Å². The number of hydrazone groups is 1. The van der Waals surface area contributed by atoms with Gasteiger partial charge in [-0.2, -0.15) is 5.10 Å². The summed E-state index contributed by atoms with van der Waals surface area (Å²) in [5.74, 6) is 2.88. The van der Waals surface area contributed by atoms with Gasteiger partial charge in [0.25, 0.3) is 0 Å². The van der Waals surface area contributed by atoms with Crippen LogP contribution >= 0.6 is 12.2 Å². The minimum Gasteiger partial charge on any atom is -0.368 e. The van der Waals surface area contributed by atoms with E-state index >= 15 is 0 Å². The lowest BCUT2D eigenvalue weighted by atomic mass is 10.2. The van der Waals surface area contributed by atoms with Crippen LogP contribution in [-0.2, 0) is 14.4 Å². The molecule has 0 aromatic heterocycles. The second kappa shape index (κ2) is 11.8. The monoisotopic (exact) mass is 467 g/mol. The number of anilines is 1. The van der Waals surface area contributed by atoms with Crippen molar-refractivity contribution >= 4 is 58.6 Å². The zero-order valence-electron chi connectivity index (χ0n) is 17.3. The van der Waals surface area contributed by atoms with E-state index in [0.29, 0.717) is 6.29 Å². The van der Waals surface area contributed by atoms with E-state index < -0.39 is 17.5 Å². The fourth-order valence-electron chi connectivity index (χ4n) is 2.94. The zero-order chi connectivity index (χ0) is 23.7. The van der Waals surface area contributed by atoms with Crippen molar-refractivity contribution in [3.05, 3.63) is 23.8 Å². The molecule has 0 radical (unpaired) electrons. The van der Waals surface area contributed by atoms with Crippen molar-refractivity contribution in [3.8, 4) is 0 Å². The van der Waals surface area contributed by atoms with Gasteiger partial charge in [0.1, 0.15) is 17.1 Å². The molecule has 13 heteroatoms. The van der Waals surface area contributed by atoms with Crippen LogP contribution in [0.15, 0.2) is 22.2 Å².